The smallest absolute Gasteiger partial charge is 0.220 e. The van der Waals surface area contributed by atoms with Crippen LogP contribution in [-0.4, -0.2) is 36.2 Å². The maximum Gasteiger partial charge on any atom is 0.220 e. The van der Waals surface area contributed by atoms with Gasteiger partial charge in [0.05, 0.1) is 12.1 Å². The van der Waals surface area contributed by atoms with Crippen LogP contribution in [0.1, 0.15) is 51.4 Å². The van der Waals surface area contributed by atoms with Gasteiger partial charge in [-0.2, -0.15) is 0 Å². The molecule has 104 valence electrons. The molecule has 1 aliphatic heterocycles. The summed E-state index contributed by atoms with van der Waals surface area (Å²) in [5.74, 6) is 0.773. The summed E-state index contributed by atoms with van der Waals surface area (Å²) in [6, 6.07) is 0. The Kier molecular flexibility index (Phi) is 5.01. The summed E-state index contributed by atoms with van der Waals surface area (Å²) in [4.78, 5) is 12.0. The summed E-state index contributed by atoms with van der Waals surface area (Å²) in [6.45, 7) is 2.26. The highest BCUT2D eigenvalue weighted by Crippen LogP contribution is 2.29. The minimum absolute atomic E-state index is 0.0870. The Hall–Kier alpha value is -0.610. The van der Waals surface area contributed by atoms with Gasteiger partial charge in [0.15, 0.2) is 0 Å². The third-order valence-corrected chi connectivity index (χ3v) is 4.45. The summed E-state index contributed by atoms with van der Waals surface area (Å²) >= 11 is 0. The molecule has 4 heteroatoms. The molecule has 1 aliphatic carbocycles. The third-order valence-electron chi connectivity index (χ3n) is 4.45. The Morgan fingerprint density at radius 1 is 1.33 bits per heavy atom. The maximum absolute atomic E-state index is 12.0. The van der Waals surface area contributed by atoms with Crippen molar-refractivity contribution in [2.75, 3.05) is 19.7 Å². The predicted octanol–water partition coefficient (Wildman–Crippen LogP) is 1.19. The summed E-state index contributed by atoms with van der Waals surface area (Å²) in [5, 5.41) is 15.9. The van der Waals surface area contributed by atoms with Crippen LogP contribution in [0.15, 0.2) is 0 Å². The van der Waals surface area contributed by atoms with Crippen molar-refractivity contribution in [2.45, 2.75) is 56.9 Å². The van der Waals surface area contributed by atoms with Crippen molar-refractivity contribution in [2.24, 2.45) is 5.92 Å². The molecular formula is C14H26N2O2. The second-order valence-electron chi connectivity index (χ2n) is 5.94. The van der Waals surface area contributed by atoms with Crippen LogP contribution in [0.3, 0.4) is 0 Å². The Balaban J connectivity index is 1.70. The van der Waals surface area contributed by atoms with E-state index < -0.39 is 0 Å². The SMILES string of the molecule is O=C(CCC1CCCNC1)NC1(CO)CCCC1. The molecule has 2 aliphatic rings. The minimum atomic E-state index is -0.304. The summed E-state index contributed by atoms with van der Waals surface area (Å²) in [6.07, 6.45) is 8.15. The second-order valence-corrected chi connectivity index (χ2v) is 5.94. The van der Waals surface area contributed by atoms with Gasteiger partial charge >= 0.3 is 0 Å². The fourth-order valence-corrected chi connectivity index (χ4v) is 3.24. The van der Waals surface area contributed by atoms with Crippen LogP contribution in [0.5, 0.6) is 0 Å². The van der Waals surface area contributed by atoms with Crippen molar-refractivity contribution in [1.82, 2.24) is 10.6 Å². The monoisotopic (exact) mass is 254 g/mol. The fourth-order valence-electron chi connectivity index (χ4n) is 3.24. The molecule has 4 nitrogen and oxygen atoms in total. The molecule has 1 amide bonds. The number of amides is 1. The first kappa shape index (κ1) is 13.8. The second kappa shape index (κ2) is 6.53. The van der Waals surface area contributed by atoms with Crippen LogP contribution in [-0.2, 0) is 4.79 Å². The molecule has 2 rings (SSSR count). The van der Waals surface area contributed by atoms with E-state index in [1.807, 2.05) is 0 Å². The Morgan fingerprint density at radius 3 is 2.72 bits per heavy atom. The van der Waals surface area contributed by atoms with E-state index in [-0.39, 0.29) is 18.1 Å². The number of hydrogen-bond donors (Lipinski definition) is 3. The van der Waals surface area contributed by atoms with Gasteiger partial charge in [-0.15, -0.1) is 0 Å². The Morgan fingerprint density at radius 2 is 2.11 bits per heavy atom. The molecule has 0 bridgehead atoms. The summed E-state index contributed by atoms with van der Waals surface area (Å²) in [5.41, 5.74) is -0.304. The van der Waals surface area contributed by atoms with Crippen molar-refractivity contribution < 1.29 is 9.90 Å². The first-order chi connectivity index (χ1) is 8.74. The number of aliphatic hydroxyl groups is 1. The fraction of sp³-hybridized carbons (Fsp3) is 0.929. The zero-order valence-corrected chi connectivity index (χ0v) is 11.2. The molecule has 0 aromatic rings. The number of carbonyl (C=O) groups excluding carboxylic acids is 1. The van der Waals surface area contributed by atoms with Crippen molar-refractivity contribution in [3.63, 3.8) is 0 Å². The maximum atomic E-state index is 12.0. The molecule has 0 radical (unpaired) electrons. The number of carbonyl (C=O) groups is 1. The molecule has 1 atom stereocenters. The molecule has 1 unspecified atom stereocenters. The van der Waals surface area contributed by atoms with Crippen LogP contribution in [0, 0.1) is 5.92 Å². The topological polar surface area (TPSA) is 61.4 Å². The predicted molar refractivity (Wildman–Crippen MR) is 71.3 cm³/mol. The van der Waals surface area contributed by atoms with Gasteiger partial charge in [-0.05, 0) is 51.1 Å². The lowest BCUT2D eigenvalue weighted by Crippen LogP contribution is -2.49. The van der Waals surface area contributed by atoms with Gasteiger partial charge in [-0.1, -0.05) is 12.8 Å². The molecule has 3 N–H and O–H groups in total. The molecule has 1 heterocycles. The highest BCUT2D eigenvalue weighted by Gasteiger charge is 2.34. The van der Waals surface area contributed by atoms with Crippen LogP contribution in [0.25, 0.3) is 0 Å². The molecule has 1 saturated carbocycles. The van der Waals surface area contributed by atoms with Crippen molar-refractivity contribution in [3.05, 3.63) is 0 Å². The first-order valence-electron chi connectivity index (χ1n) is 7.37. The first-order valence-corrected chi connectivity index (χ1v) is 7.37. The van der Waals surface area contributed by atoms with E-state index in [0.717, 1.165) is 45.2 Å². The van der Waals surface area contributed by atoms with E-state index in [0.29, 0.717) is 12.3 Å². The molecule has 0 aromatic heterocycles. The minimum Gasteiger partial charge on any atom is -0.394 e. The highest BCUT2D eigenvalue weighted by molar-refractivity contribution is 5.76. The average Bonchev–Trinajstić information content (AvgIpc) is 2.87. The van der Waals surface area contributed by atoms with Gasteiger partial charge in [0.1, 0.15) is 0 Å². The van der Waals surface area contributed by atoms with Crippen molar-refractivity contribution >= 4 is 5.91 Å². The highest BCUT2D eigenvalue weighted by atomic mass is 16.3. The van der Waals surface area contributed by atoms with Gasteiger partial charge in [-0.25, -0.2) is 0 Å². The van der Waals surface area contributed by atoms with E-state index in [1.54, 1.807) is 0 Å². The zero-order chi connectivity index (χ0) is 12.8. The molecule has 0 spiro atoms. The molecule has 2 fully saturated rings. The van der Waals surface area contributed by atoms with Gasteiger partial charge in [-0.3, -0.25) is 4.79 Å². The third kappa shape index (κ3) is 3.69. The van der Waals surface area contributed by atoms with Crippen LogP contribution in [0.4, 0.5) is 0 Å². The number of aliphatic hydroxyl groups excluding tert-OH is 1. The van der Waals surface area contributed by atoms with Crippen molar-refractivity contribution in [1.29, 1.82) is 0 Å². The molecule has 18 heavy (non-hydrogen) atoms. The Bertz CT molecular complexity index is 269. The number of rotatable bonds is 5. The van der Waals surface area contributed by atoms with Gasteiger partial charge in [0, 0.05) is 6.42 Å². The lowest BCUT2D eigenvalue weighted by atomic mass is 9.93. The standard InChI is InChI=1S/C14H26N2O2/c17-11-14(7-1-2-8-14)16-13(18)6-5-12-4-3-9-15-10-12/h12,15,17H,1-11H2,(H,16,18). The molecule has 1 saturated heterocycles. The number of hydrogen-bond acceptors (Lipinski definition) is 3. The van der Waals surface area contributed by atoms with Crippen LogP contribution in [0.2, 0.25) is 0 Å². The van der Waals surface area contributed by atoms with Crippen LogP contribution < -0.4 is 10.6 Å². The summed E-state index contributed by atoms with van der Waals surface area (Å²) < 4.78 is 0. The number of piperidine rings is 1. The number of nitrogens with one attached hydrogen (secondary N) is 2. The normalized spacial score (nSPS) is 27.1. The largest absolute Gasteiger partial charge is 0.394 e. The van der Waals surface area contributed by atoms with Gasteiger partial charge in [0.2, 0.25) is 5.91 Å². The molecular weight excluding hydrogens is 228 g/mol. The summed E-state index contributed by atoms with van der Waals surface area (Å²) in [7, 11) is 0. The quantitative estimate of drug-likeness (QED) is 0.690. The van der Waals surface area contributed by atoms with E-state index in [4.69, 9.17) is 0 Å². The van der Waals surface area contributed by atoms with Crippen molar-refractivity contribution in [3.8, 4) is 0 Å². The zero-order valence-electron chi connectivity index (χ0n) is 11.2. The van der Waals surface area contributed by atoms with E-state index in [1.165, 1.54) is 12.8 Å². The average molecular weight is 254 g/mol. The lowest BCUT2D eigenvalue weighted by molar-refractivity contribution is -0.123. The molecule has 0 aromatic carbocycles. The van der Waals surface area contributed by atoms with E-state index in [9.17, 15) is 9.90 Å². The lowest BCUT2D eigenvalue weighted by Gasteiger charge is -2.28. The van der Waals surface area contributed by atoms with E-state index >= 15 is 0 Å². The van der Waals surface area contributed by atoms with E-state index in [2.05, 4.69) is 10.6 Å². The Labute approximate surface area is 110 Å². The van der Waals surface area contributed by atoms with Gasteiger partial charge < -0.3 is 15.7 Å². The van der Waals surface area contributed by atoms with Gasteiger partial charge in [0.25, 0.3) is 0 Å². The van der Waals surface area contributed by atoms with Crippen LogP contribution >= 0.6 is 0 Å².